The monoisotopic (exact) mass is 282 g/mol. The van der Waals surface area contributed by atoms with E-state index in [9.17, 15) is 0 Å². The lowest BCUT2D eigenvalue weighted by Gasteiger charge is -2.21. The van der Waals surface area contributed by atoms with Crippen molar-refractivity contribution in [3.05, 3.63) is 24.0 Å². The fourth-order valence-electron chi connectivity index (χ4n) is 2.31. The van der Waals surface area contributed by atoms with Gasteiger partial charge in [0.25, 0.3) is 0 Å². The minimum absolute atomic E-state index is 0.492. The molecular formula is C16H30N2S. The first kappa shape index (κ1) is 16.6. The van der Waals surface area contributed by atoms with Gasteiger partial charge >= 0.3 is 0 Å². The van der Waals surface area contributed by atoms with Gasteiger partial charge in [-0.1, -0.05) is 27.7 Å². The first-order valence-electron chi connectivity index (χ1n) is 7.65. The summed E-state index contributed by atoms with van der Waals surface area (Å²) in [4.78, 5) is 0. The summed E-state index contributed by atoms with van der Waals surface area (Å²) in [5.74, 6) is 3.14. The van der Waals surface area contributed by atoms with Gasteiger partial charge in [-0.2, -0.15) is 11.8 Å². The third kappa shape index (κ3) is 6.05. The zero-order valence-electron chi connectivity index (χ0n) is 13.0. The molecule has 0 spiro atoms. The van der Waals surface area contributed by atoms with E-state index in [4.69, 9.17) is 0 Å². The molecule has 3 heteroatoms. The molecule has 1 atom stereocenters. The highest BCUT2D eigenvalue weighted by Crippen LogP contribution is 2.22. The molecule has 1 aromatic heterocycles. The van der Waals surface area contributed by atoms with Crippen molar-refractivity contribution in [3.63, 3.8) is 0 Å². The van der Waals surface area contributed by atoms with Gasteiger partial charge in [-0.3, -0.25) is 0 Å². The van der Waals surface area contributed by atoms with E-state index in [0.29, 0.717) is 12.0 Å². The third-order valence-corrected chi connectivity index (χ3v) is 4.31. The molecule has 0 radical (unpaired) electrons. The average Bonchev–Trinajstić information content (AvgIpc) is 2.83. The summed E-state index contributed by atoms with van der Waals surface area (Å²) in [7, 11) is 0. The molecule has 2 nitrogen and oxygen atoms in total. The zero-order valence-corrected chi connectivity index (χ0v) is 13.8. The van der Waals surface area contributed by atoms with E-state index in [1.807, 2.05) is 11.8 Å². The molecule has 1 aromatic rings. The largest absolute Gasteiger partial charge is 0.354 e. The number of hydrogen-bond donors (Lipinski definition) is 1. The van der Waals surface area contributed by atoms with Gasteiger partial charge in [-0.25, -0.2) is 0 Å². The first-order valence-corrected chi connectivity index (χ1v) is 8.81. The quantitative estimate of drug-likeness (QED) is 0.643. The summed E-state index contributed by atoms with van der Waals surface area (Å²) in [6.45, 7) is 11.3. The number of aryl methyl sites for hydroxylation is 1. The Morgan fingerprint density at radius 1 is 1.32 bits per heavy atom. The van der Waals surface area contributed by atoms with Crippen LogP contribution in [-0.2, 0) is 6.54 Å². The number of rotatable bonds is 10. The van der Waals surface area contributed by atoms with Crippen molar-refractivity contribution < 1.29 is 0 Å². The van der Waals surface area contributed by atoms with Gasteiger partial charge in [0, 0.05) is 25.0 Å². The van der Waals surface area contributed by atoms with Crippen molar-refractivity contribution in [2.45, 2.75) is 53.1 Å². The standard InChI is InChI=1S/C16H30N2S/c1-5-9-17-16(14(3)4)15-8-11-18(13-15)10-7-12-19-6-2/h8,11,13-14,16-17H,5-7,9-10,12H2,1-4H3. The molecule has 1 N–H and O–H groups in total. The maximum atomic E-state index is 3.66. The lowest BCUT2D eigenvalue weighted by atomic mass is 9.98. The number of aromatic nitrogens is 1. The van der Waals surface area contributed by atoms with Crippen LogP contribution in [-0.4, -0.2) is 22.6 Å². The molecule has 0 bridgehead atoms. The van der Waals surface area contributed by atoms with Gasteiger partial charge in [0.1, 0.15) is 0 Å². The lowest BCUT2D eigenvalue weighted by molar-refractivity contribution is 0.412. The number of nitrogens with zero attached hydrogens (tertiary/aromatic N) is 1. The van der Waals surface area contributed by atoms with Crippen molar-refractivity contribution >= 4 is 11.8 Å². The molecule has 0 saturated carbocycles. The van der Waals surface area contributed by atoms with E-state index in [-0.39, 0.29) is 0 Å². The maximum absolute atomic E-state index is 3.66. The highest BCUT2D eigenvalue weighted by molar-refractivity contribution is 7.99. The van der Waals surface area contributed by atoms with Gasteiger partial charge in [-0.15, -0.1) is 0 Å². The van der Waals surface area contributed by atoms with Gasteiger partial charge in [0.05, 0.1) is 0 Å². The van der Waals surface area contributed by atoms with Crippen LogP contribution in [0.3, 0.4) is 0 Å². The molecule has 0 amide bonds. The molecular weight excluding hydrogens is 252 g/mol. The Kier molecular flexibility index (Phi) is 8.31. The van der Waals surface area contributed by atoms with Crippen LogP contribution in [0, 0.1) is 5.92 Å². The van der Waals surface area contributed by atoms with Crippen molar-refractivity contribution in [3.8, 4) is 0 Å². The number of nitrogens with one attached hydrogen (secondary N) is 1. The number of hydrogen-bond acceptors (Lipinski definition) is 2. The Morgan fingerprint density at radius 3 is 2.74 bits per heavy atom. The second-order valence-electron chi connectivity index (χ2n) is 5.41. The average molecular weight is 282 g/mol. The van der Waals surface area contributed by atoms with Crippen LogP contribution >= 0.6 is 11.8 Å². The van der Waals surface area contributed by atoms with Gasteiger partial charge < -0.3 is 9.88 Å². The first-order chi connectivity index (χ1) is 9.19. The summed E-state index contributed by atoms with van der Waals surface area (Å²) in [5, 5.41) is 3.66. The third-order valence-electron chi connectivity index (χ3n) is 3.32. The van der Waals surface area contributed by atoms with Crippen LogP contribution in [0.25, 0.3) is 0 Å². The van der Waals surface area contributed by atoms with E-state index in [0.717, 1.165) is 13.1 Å². The van der Waals surface area contributed by atoms with Crippen LogP contribution in [0.4, 0.5) is 0 Å². The molecule has 1 rings (SSSR count). The van der Waals surface area contributed by atoms with Crippen molar-refractivity contribution in [1.82, 2.24) is 9.88 Å². The normalized spacial score (nSPS) is 13.1. The van der Waals surface area contributed by atoms with E-state index < -0.39 is 0 Å². The van der Waals surface area contributed by atoms with Crippen LogP contribution in [0.1, 0.15) is 52.1 Å². The topological polar surface area (TPSA) is 17.0 Å². The Morgan fingerprint density at radius 2 is 2.11 bits per heavy atom. The lowest BCUT2D eigenvalue weighted by Crippen LogP contribution is -2.26. The predicted molar refractivity (Wildman–Crippen MR) is 87.9 cm³/mol. The van der Waals surface area contributed by atoms with E-state index in [1.165, 1.54) is 29.9 Å². The molecule has 1 heterocycles. The Balaban J connectivity index is 2.50. The van der Waals surface area contributed by atoms with E-state index in [1.54, 1.807) is 0 Å². The molecule has 0 aliphatic heterocycles. The van der Waals surface area contributed by atoms with E-state index >= 15 is 0 Å². The fraction of sp³-hybridized carbons (Fsp3) is 0.750. The molecule has 110 valence electrons. The minimum Gasteiger partial charge on any atom is -0.354 e. The summed E-state index contributed by atoms with van der Waals surface area (Å²) in [6, 6.07) is 2.77. The van der Waals surface area contributed by atoms with Crippen LogP contribution < -0.4 is 5.32 Å². The SMILES string of the molecule is CCCNC(c1ccn(CCCSCC)c1)C(C)C. The molecule has 19 heavy (non-hydrogen) atoms. The molecule has 0 aliphatic carbocycles. The Labute approximate surface area is 123 Å². The highest BCUT2D eigenvalue weighted by Gasteiger charge is 2.15. The van der Waals surface area contributed by atoms with Crippen LogP contribution in [0.15, 0.2) is 18.5 Å². The number of thioether (sulfide) groups is 1. The molecule has 0 aliphatic rings. The molecule has 0 aromatic carbocycles. The van der Waals surface area contributed by atoms with Crippen LogP contribution in [0.5, 0.6) is 0 Å². The van der Waals surface area contributed by atoms with Gasteiger partial charge in [-0.05, 0) is 48.4 Å². The Bertz CT molecular complexity index is 333. The second-order valence-corrected chi connectivity index (χ2v) is 6.80. The fourth-order valence-corrected chi connectivity index (χ4v) is 2.94. The maximum Gasteiger partial charge on any atom is 0.0358 e. The van der Waals surface area contributed by atoms with Gasteiger partial charge in [0.15, 0.2) is 0 Å². The minimum atomic E-state index is 0.492. The highest BCUT2D eigenvalue weighted by atomic mass is 32.2. The predicted octanol–water partition coefficient (Wildman–Crippen LogP) is 4.33. The van der Waals surface area contributed by atoms with Crippen molar-refractivity contribution in [2.24, 2.45) is 5.92 Å². The summed E-state index contributed by atoms with van der Waals surface area (Å²) >= 11 is 2.03. The van der Waals surface area contributed by atoms with Crippen LogP contribution in [0.2, 0.25) is 0 Å². The van der Waals surface area contributed by atoms with Gasteiger partial charge in [0.2, 0.25) is 0 Å². The Hall–Kier alpha value is -0.410. The molecule has 0 fully saturated rings. The summed E-state index contributed by atoms with van der Waals surface area (Å²) < 4.78 is 2.34. The second kappa shape index (κ2) is 9.49. The summed E-state index contributed by atoms with van der Waals surface area (Å²) in [5.41, 5.74) is 1.44. The molecule has 1 unspecified atom stereocenters. The van der Waals surface area contributed by atoms with Crippen molar-refractivity contribution in [2.75, 3.05) is 18.1 Å². The zero-order chi connectivity index (χ0) is 14.1. The molecule has 0 saturated heterocycles. The smallest absolute Gasteiger partial charge is 0.0358 e. The van der Waals surface area contributed by atoms with E-state index in [2.05, 4.69) is 56.0 Å². The van der Waals surface area contributed by atoms with Crippen molar-refractivity contribution in [1.29, 1.82) is 0 Å². The summed E-state index contributed by atoms with van der Waals surface area (Å²) in [6.07, 6.45) is 7.01.